The van der Waals surface area contributed by atoms with Gasteiger partial charge in [0.25, 0.3) is 5.91 Å². The van der Waals surface area contributed by atoms with Crippen LogP contribution in [0.25, 0.3) is 0 Å². The van der Waals surface area contributed by atoms with Crippen molar-refractivity contribution in [1.82, 2.24) is 20.1 Å². The van der Waals surface area contributed by atoms with Gasteiger partial charge >= 0.3 is 6.03 Å². The van der Waals surface area contributed by atoms with Crippen LogP contribution in [0.4, 0.5) is 4.79 Å². The fourth-order valence-corrected chi connectivity index (χ4v) is 3.29. The largest absolute Gasteiger partial charge is 0.341 e. The van der Waals surface area contributed by atoms with Crippen LogP contribution in [-0.4, -0.2) is 57.8 Å². The maximum absolute atomic E-state index is 12.4. The normalized spacial score (nSPS) is 21.1. The Hall–Kier alpha value is -2.44. The standard InChI is InChI=1S/C17H22N4O3/c1-17(2)15(23)21(16(24)19-17)11-14(22)20-9-5-13(6-10-20)12-3-7-18-8-4-12/h3-4,7-8,13H,5-6,9-11H2,1-2H3,(H,19,24). The summed E-state index contributed by atoms with van der Waals surface area (Å²) in [5.41, 5.74) is 0.305. The second-order valence-corrected chi connectivity index (χ2v) is 6.88. The minimum Gasteiger partial charge on any atom is -0.341 e. The lowest BCUT2D eigenvalue weighted by atomic mass is 9.90. The number of hydrogen-bond acceptors (Lipinski definition) is 4. The molecule has 0 saturated carbocycles. The molecule has 1 aromatic heterocycles. The topological polar surface area (TPSA) is 82.6 Å². The van der Waals surface area contributed by atoms with Gasteiger partial charge in [-0.15, -0.1) is 0 Å². The Kier molecular flexibility index (Phi) is 4.26. The molecule has 128 valence electrons. The Morgan fingerprint density at radius 1 is 1.25 bits per heavy atom. The molecular formula is C17H22N4O3. The predicted molar refractivity (Wildman–Crippen MR) is 87.1 cm³/mol. The van der Waals surface area contributed by atoms with Gasteiger partial charge in [-0.05, 0) is 50.3 Å². The second kappa shape index (κ2) is 6.22. The molecule has 0 spiro atoms. The van der Waals surface area contributed by atoms with E-state index in [1.54, 1.807) is 31.1 Å². The highest BCUT2D eigenvalue weighted by Gasteiger charge is 2.45. The molecule has 7 heteroatoms. The summed E-state index contributed by atoms with van der Waals surface area (Å²) in [6.45, 7) is 4.36. The molecular weight excluding hydrogens is 308 g/mol. The van der Waals surface area contributed by atoms with Crippen molar-refractivity contribution in [2.24, 2.45) is 0 Å². The van der Waals surface area contributed by atoms with Crippen LogP contribution >= 0.6 is 0 Å². The van der Waals surface area contributed by atoms with Crippen LogP contribution in [0.15, 0.2) is 24.5 Å². The number of aromatic nitrogens is 1. The number of nitrogens with zero attached hydrogens (tertiary/aromatic N) is 3. The summed E-state index contributed by atoms with van der Waals surface area (Å²) in [7, 11) is 0. The molecule has 7 nitrogen and oxygen atoms in total. The monoisotopic (exact) mass is 330 g/mol. The predicted octanol–water partition coefficient (Wildman–Crippen LogP) is 1.12. The van der Waals surface area contributed by atoms with Gasteiger partial charge < -0.3 is 10.2 Å². The van der Waals surface area contributed by atoms with E-state index in [-0.39, 0.29) is 18.4 Å². The zero-order chi connectivity index (χ0) is 17.3. The van der Waals surface area contributed by atoms with E-state index in [9.17, 15) is 14.4 Å². The van der Waals surface area contributed by atoms with Gasteiger partial charge in [-0.25, -0.2) is 4.79 Å². The Morgan fingerprint density at radius 2 is 1.88 bits per heavy atom. The number of urea groups is 1. The fraction of sp³-hybridized carbons (Fsp3) is 0.529. The summed E-state index contributed by atoms with van der Waals surface area (Å²) in [6, 6.07) is 3.53. The highest BCUT2D eigenvalue weighted by Crippen LogP contribution is 2.27. The van der Waals surface area contributed by atoms with E-state index in [1.165, 1.54) is 5.56 Å². The van der Waals surface area contributed by atoms with Crippen molar-refractivity contribution in [1.29, 1.82) is 0 Å². The Balaban J connectivity index is 1.56. The highest BCUT2D eigenvalue weighted by molar-refractivity contribution is 6.08. The van der Waals surface area contributed by atoms with Crippen LogP contribution in [0.5, 0.6) is 0 Å². The van der Waals surface area contributed by atoms with Crippen LogP contribution < -0.4 is 5.32 Å². The first-order valence-corrected chi connectivity index (χ1v) is 8.20. The summed E-state index contributed by atoms with van der Waals surface area (Å²) in [6.07, 6.45) is 5.32. The third-order valence-corrected chi connectivity index (χ3v) is 4.76. The minimum atomic E-state index is -0.939. The van der Waals surface area contributed by atoms with Crippen molar-refractivity contribution < 1.29 is 14.4 Å². The number of piperidine rings is 1. The molecule has 2 aliphatic rings. The molecule has 0 radical (unpaired) electrons. The lowest BCUT2D eigenvalue weighted by molar-refractivity contribution is -0.139. The molecule has 2 fully saturated rings. The molecule has 24 heavy (non-hydrogen) atoms. The smallest absolute Gasteiger partial charge is 0.325 e. The molecule has 2 aliphatic heterocycles. The number of rotatable bonds is 3. The number of imide groups is 1. The van der Waals surface area contributed by atoms with Crippen molar-refractivity contribution in [2.45, 2.75) is 38.1 Å². The van der Waals surface area contributed by atoms with Gasteiger partial charge in [-0.2, -0.15) is 0 Å². The van der Waals surface area contributed by atoms with Crippen LogP contribution in [0.2, 0.25) is 0 Å². The molecule has 0 aliphatic carbocycles. The van der Waals surface area contributed by atoms with Gasteiger partial charge in [-0.1, -0.05) is 0 Å². The van der Waals surface area contributed by atoms with Crippen LogP contribution in [-0.2, 0) is 9.59 Å². The lowest BCUT2D eigenvalue weighted by Crippen LogP contribution is -2.46. The first-order valence-electron chi connectivity index (χ1n) is 8.20. The molecule has 4 amide bonds. The van der Waals surface area contributed by atoms with E-state index in [1.807, 2.05) is 12.1 Å². The average molecular weight is 330 g/mol. The third-order valence-electron chi connectivity index (χ3n) is 4.76. The SMILES string of the molecule is CC1(C)NC(=O)N(CC(=O)N2CCC(c3ccncc3)CC2)C1=O. The Bertz CT molecular complexity index is 651. The summed E-state index contributed by atoms with van der Waals surface area (Å²) in [5, 5.41) is 2.59. The van der Waals surface area contributed by atoms with E-state index in [0.717, 1.165) is 17.7 Å². The van der Waals surface area contributed by atoms with Gasteiger partial charge in [0.1, 0.15) is 12.1 Å². The third kappa shape index (κ3) is 3.11. The van der Waals surface area contributed by atoms with E-state index < -0.39 is 11.6 Å². The van der Waals surface area contributed by atoms with Crippen molar-refractivity contribution >= 4 is 17.8 Å². The molecule has 0 atom stereocenters. The maximum atomic E-state index is 12.4. The Morgan fingerprint density at radius 3 is 2.42 bits per heavy atom. The number of nitrogens with one attached hydrogen (secondary N) is 1. The van der Waals surface area contributed by atoms with Crippen LogP contribution in [0, 0.1) is 0 Å². The first kappa shape index (κ1) is 16.4. The van der Waals surface area contributed by atoms with Crippen molar-refractivity contribution in [3.63, 3.8) is 0 Å². The molecule has 3 heterocycles. The number of amides is 4. The average Bonchev–Trinajstić information content (AvgIpc) is 2.77. The number of carbonyl (C=O) groups is 3. The quantitative estimate of drug-likeness (QED) is 0.842. The summed E-state index contributed by atoms with van der Waals surface area (Å²) in [5.74, 6) is -0.107. The fourth-order valence-electron chi connectivity index (χ4n) is 3.29. The van der Waals surface area contributed by atoms with E-state index in [4.69, 9.17) is 0 Å². The minimum absolute atomic E-state index is 0.177. The molecule has 1 aromatic rings. The number of pyridine rings is 1. The zero-order valence-corrected chi connectivity index (χ0v) is 14.0. The van der Waals surface area contributed by atoms with Crippen LogP contribution in [0.3, 0.4) is 0 Å². The number of carbonyl (C=O) groups excluding carboxylic acids is 3. The van der Waals surface area contributed by atoms with Gasteiger partial charge in [-0.3, -0.25) is 19.5 Å². The Labute approximate surface area is 141 Å². The van der Waals surface area contributed by atoms with Crippen LogP contribution in [0.1, 0.15) is 38.2 Å². The summed E-state index contributed by atoms with van der Waals surface area (Å²) >= 11 is 0. The van der Waals surface area contributed by atoms with E-state index in [2.05, 4.69) is 10.3 Å². The van der Waals surface area contributed by atoms with Crippen molar-refractivity contribution in [2.75, 3.05) is 19.6 Å². The van der Waals surface area contributed by atoms with E-state index >= 15 is 0 Å². The summed E-state index contributed by atoms with van der Waals surface area (Å²) < 4.78 is 0. The molecule has 1 N–H and O–H groups in total. The summed E-state index contributed by atoms with van der Waals surface area (Å²) in [4.78, 5) is 43.3. The van der Waals surface area contributed by atoms with E-state index in [0.29, 0.717) is 19.0 Å². The van der Waals surface area contributed by atoms with Crippen molar-refractivity contribution in [3.8, 4) is 0 Å². The maximum Gasteiger partial charge on any atom is 0.325 e. The molecule has 3 rings (SSSR count). The van der Waals surface area contributed by atoms with Gasteiger partial charge in [0.2, 0.25) is 5.91 Å². The van der Waals surface area contributed by atoms with Gasteiger partial charge in [0, 0.05) is 25.5 Å². The molecule has 0 bridgehead atoms. The van der Waals surface area contributed by atoms with Crippen molar-refractivity contribution in [3.05, 3.63) is 30.1 Å². The highest BCUT2D eigenvalue weighted by atomic mass is 16.2. The number of hydrogen-bond donors (Lipinski definition) is 1. The molecule has 0 unspecified atom stereocenters. The molecule has 2 saturated heterocycles. The lowest BCUT2D eigenvalue weighted by Gasteiger charge is -2.33. The second-order valence-electron chi connectivity index (χ2n) is 6.88. The van der Waals surface area contributed by atoms with Gasteiger partial charge in [0.05, 0.1) is 0 Å². The van der Waals surface area contributed by atoms with Gasteiger partial charge in [0.15, 0.2) is 0 Å². The zero-order valence-electron chi connectivity index (χ0n) is 14.0. The first-order chi connectivity index (χ1) is 11.4. The molecule has 0 aromatic carbocycles. The number of likely N-dealkylation sites (tertiary alicyclic amines) is 1.